The van der Waals surface area contributed by atoms with E-state index >= 15 is 0 Å². The fourth-order valence-corrected chi connectivity index (χ4v) is 2.70. The number of hydrogen-bond donors (Lipinski definition) is 2. The molecule has 0 atom stereocenters. The van der Waals surface area contributed by atoms with Crippen LogP contribution in [0.3, 0.4) is 0 Å². The molecule has 0 aliphatic rings. The number of nitrogens with one attached hydrogen (secondary N) is 1. The van der Waals surface area contributed by atoms with Gasteiger partial charge in [-0.2, -0.15) is 4.98 Å². The van der Waals surface area contributed by atoms with Crippen molar-refractivity contribution in [3.05, 3.63) is 64.3 Å². The van der Waals surface area contributed by atoms with Crippen LogP contribution in [0.1, 0.15) is 5.69 Å². The molecular formula is C17H14Cl2N4O. The minimum absolute atomic E-state index is 0.193. The molecule has 122 valence electrons. The van der Waals surface area contributed by atoms with Crippen molar-refractivity contribution in [2.45, 2.75) is 6.92 Å². The average Bonchev–Trinajstić information content (AvgIpc) is 2.51. The van der Waals surface area contributed by atoms with Crippen molar-refractivity contribution in [3.63, 3.8) is 0 Å². The molecule has 0 aliphatic carbocycles. The third kappa shape index (κ3) is 3.88. The number of ether oxygens (including phenoxy) is 1. The molecule has 0 unspecified atom stereocenters. The van der Waals surface area contributed by atoms with Gasteiger partial charge in [0.1, 0.15) is 11.6 Å². The molecule has 5 nitrogen and oxygen atoms in total. The second kappa shape index (κ2) is 6.95. The van der Waals surface area contributed by atoms with Gasteiger partial charge in [-0.05, 0) is 31.2 Å². The summed E-state index contributed by atoms with van der Waals surface area (Å²) in [6.07, 6.45) is 0. The van der Waals surface area contributed by atoms with Gasteiger partial charge in [0.2, 0.25) is 5.95 Å². The first-order chi connectivity index (χ1) is 11.5. The van der Waals surface area contributed by atoms with Crippen molar-refractivity contribution in [2.75, 3.05) is 11.1 Å². The van der Waals surface area contributed by atoms with E-state index in [9.17, 15) is 0 Å². The first-order valence-electron chi connectivity index (χ1n) is 7.11. The number of aromatic nitrogens is 2. The van der Waals surface area contributed by atoms with Gasteiger partial charge in [-0.25, -0.2) is 4.98 Å². The lowest BCUT2D eigenvalue weighted by Gasteiger charge is -2.13. The van der Waals surface area contributed by atoms with Crippen molar-refractivity contribution in [1.82, 2.24) is 9.97 Å². The van der Waals surface area contributed by atoms with Crippen LogP contribution in [0, 0.1) is 6.92 Å². The summed E-state index contributed by atoms with van der Waals surface area (Å²) < 4.78 is 5.75. The van der Waals surface area contributed by atoms with Gasteiger partial charge in [0.15, 0.2) is 5.75 Å². The zero-order valence-electron chi connectivity index (χ0n) is 12.8. The van der Waals surface area contributed by atoms with Crippen molar-refractivity contribution in [1.29, 1.82) is 0 Å². The Bertz CT molecular complexity index is 828. The summed E-state index contributed by atoms with van der Waals surface area (Å²) >= 11 is 12.6. The van der Waals surface area contributed by atoms with Gasteiger partial charge in [0, 0.05) is 17.4 Å². The van der Waals surface area contributed by atoms with Crippen LogP contribution in [0.15, 0.2) is 48.5 Å². The molecule has 0 amide bonds. The molecule has 0 bridgehead atoms. The van der Waals surface area contributed by atoms with E-state index in [2.05, 4.69) is 15.3 Å². The van der Waals surface area contributed by atoms with E-state index in [1.54, 1.807) is 18.2 Å². The van der Waals surface area contributed by atoms with Crippen molar-refractivity contribution < 1.29 is 4.74 Å². The van der Waals surface area contributed by atoms with E-state index in [1.165, 1.54) is 0 Å². The molecule has 0 fully saturated rings. The van der Waals surface area contributed by atoms with Crippen LogP contribution >= 0.6 is 23.2 Å². The first kappa shape index (κ1) is 16.4. The largest absolute Gasteiger partial charge is 0.454 e. The maximum atomic E-state index is 6.31. The lowest BCUT2D eigenvalue weighted by Crippen LogP contribution is -2.01. The average molecular weight is 361 g/mol. The number of aryl methyl sites for hydroxylation is 1. The lowest BCUT2D eigenvalue weighted by molar-refractivity contribution is 0.483. The van der Waals surface area contributed by atoms with E-state index in [1.807, 2.05) is 37.3 Å². The van der Waals surface area contributed by atoms with Crippen LogP contribution in [0.5, 0.6) is 11.5 Å². The summed E-state index contributed by atoms with van der Waals surface area (Å²) in [5.74, 6) is 1.80. The molecule has 3 N–H and O–H groups in total. The Morgan fingerprint density at radius 3 is 2.29 bits per heavy atom. The molecule has 7 heteroatoms. The SMILES string of the molecule is Cc1cc(Nc2cc(Cl)c(Oc3ccccc3)c(Cl)c2)nc(N)n1. The maximum absolute atomic E-state index is 6.31. The van der Waals surface area contributed by atoms with Gasteiger partial charge < -0.3 is 15.8 Å². The molecule has 3 aromatic rings. The third-order valence-electron chi connectivity index (χ3n) is 3.11. The van der Waals surface area contributed by atoms with Gasteiger partial charge in [0.05, 0.1) is 10.0 Å². The van der Waals surface area contributed by atoms with Gasteiger partial charge in [-0.1, -0.05) is 41.4 Å². The molecule has 0 aliphatic heterocycles. The minimum atomic E-state index is 0.193. The highest BCUT2D eigenvalue weighted by atomic mass is 35.5. The molecule has 2 aromatic carbocycles. The number of nitrogens with zero attached hydrogens (tertiary/aromatic N) is 2. The number of halogens is 2. The Labute approximate surface area is 149 Å². The normalized spacial score (nSPS) is 10.5. The molecule has 24 heavy (non-hydrogen) atoms. The fraction of sp³-hybridized carbons (Fsp3) is 0.0588. The fourth-order valence-electron chi connectivity index (χ4n) is 2.14. The Morgan fingerprint density at radius 2 is 1.67 bits per heavy atom. The van der Waals surface area contributed by atoms with Crippen LogP contribution < -0.4 is 15.8 Å². The van der Waals surface area contributed by atoms with Crippen molar-refractivity contribution in [2.24, 2.45) is 0 Å². The highest BCUT2D eigenvalue weighted by molar-refractivity contribution is 6.37. The van der Waals surface area contributed by atoms with Gasteiger partial charge >= 0.3 is 0 Å². The number of para-hydroxylation sites is 1. The zero-order valence-corrected chi connectivity index (χ0v) is 14.3. The quantitative estimate of drug-likeness (QED) is 0.667. The van der Waals surface area contributed by atoms with Crippen LogP contribution in [-0.2, 0) is 0 Å². The zero-order chi connectivity index (χ0) is 17.1. The Balaban J connectivity index is 1.86. The number of rotatable bonds is 4. The van der Waals surface area contributed by atoms with E-state index in [-0.39, 0.29) is 5.95 Å². The Kier molecular flexibility index (Phi) is 4.74. The summed E-state index contributed by atoms with van der Waals surface area (Å²) in [5, 5.41) is 3.87. The molecule has 0 saturated heterocycles. The number of hydrogen-bond acceptors (Lipinski definition) is 5. The highest BCUT2D eigenvalue weighted by Crippen LogP contribution is 2.39. The second-order valence-electron chi connectivity index (χ2n) is 5.06. The molecule has 0 saturated carbocycles. The molecular weight excluding hydrogens is 347 g/mol. The predicted molar refractivity (Wildman–Crippen MR) is 97.4 cm³/mol. The molecule has 1 aromatic heterocycles. The summed E-state index contributed by atoms with van der Waals surface area (Å²) in [5.41, 5.74) is 7.07. The van der Waals surface area contributed by atoms with Gasteiger partial charge in [-0.3, -0.25) is 0 Å². The van der Waals surface area contributed by atoms with E-state index in [0.717, 1.165) is 5.69 Å². The number of anilines is 3. The lowest BCUT2D eigenvalue weighted by atomic mass is 10.3. The van der Waals surface area contributed by atoms with E-state index < -0.39 is 0 Å². The standard InChI is InChI=1S/C17H14Cl2N4O/c1-10-7-15(23-17(20)21-10)22-11-8-13(18)16(14(19)9-11)24-12-5-3-2-4-6-12/h2-9H,1H3,(H3,20,21,22,23). The maximum Gasteiger partial charge on any atom is 0.222 e. The van der Waals surface area contributed by atoms with E-state index in [4.69, 9.17) is 33.7 Å². The van der Waals surface area contributed by atoms with Crippen LogP contribution in [0.2, 0.25) is 10.0 Å². The summed E-state index contributed by atoms with van der Waals surface area (Å²) in [7, 11) is 0. The first-order valence-corrected chi connectivity index (χ1v) is 7.87. The topological polar surface area (TPSA) is 73.1 Å². The molecule has 3 rings (SSSR count). The van der Waals surface area contributed by atoms with Gasteiger partial charge in [-0.15, -0.1) is 0 Å². The number of benzene rings is 2. The van der Waals surface area contributed by atoms with Crippen LogP contribution in [-0.4, -0.2) is 9.97 Å². The van der Waals surface area contributed by atoms with E-state index in [0.29, 0.717) is 33.0 Å². The molecule has 0 radical (unpaired) electrons. The van der Waals surface area contributed by atoms with Gasteiger partial charge in [0.25, 0.3) is 0 Å². The third-order valence-corrected chi connectivity index (χ3v) is 3.67. The summed E-state index contributed by atoms with van der Waals surface area (Å²) in [4.78, 5) is 8.14. The smallest absolute Gasteiger partial charge is 0.222 e. The molecule has 1 heterocycles. The summed E-state index contributed by atoms with van der Waals surface area (Å²) in [6, 6.07) is 14.5. The van der Waals surface area contributed by atoms with Crippen molar-refractivity contribution in [3.8, 4) is 11.5 Å². The predicted octanol–water partition coefficient (Wildman–Crippen LogP) is 5.21. The molecule has 0 spiro atoms. The van der Waals surface area contributed by atoms with Crippen LogP contribution in [0.25, 0.3) is 0 Å². The number of nitrogen functional groups attached to an aromatic ring is 1. The monoisotopic (exact) mass is 360 g/mol. The number of nitrogens with two attached hydrogens (primary N) is 1. The second-order valence-corrected chi connectivity index (χ2v) is 5.88. The summed E-state index contributed by atoms with van der Waals surface area (Å²) in [6.45, 7) is 1.83. The minimum Gasteiger partial charge on any atom is -0.454 e. The Morgan fingerprint density at radius 1 is 1.00 bits per heavy atom. The van der Waals surface area contributed by atoms with Crippen LogP contribution in [0.4, 0.5) is 17.5 Å². The highest BCUT2D eigenvalue weighted by Gasteiger charge is 2.12. The van der Waals surface area contributed by atoms with Crippen molar-refractivity contribution >= 4 is 40.7 Å². The Hall–Kier alpha value is -2.50.